The average Bonchev–Trinajstić information content (AvgIpc) is 2.93. The molecule has 1 heterocycles. The Morgan fingerprint density at radius 1 is 1.39 bits per heavy atom. The molecule has 2 unspecified atom stereocenters. The SMILES string of the molecule is CCC(NCC1CCCN1)c1ccc(OC)cc1. The minimum Gasteiger partial charge on any atom is -0.497 e. The topological polar surface area (TPSA) is 33.3 Å². The zero-order chi connectivity index (χ0) is 12.8. The van der Waals surface area contributed by atoms with Gasteiger partial charge >= 0.3 is 0 Å². The molecule has 0 radical (unpaired) electrons. The smallest absolute Gasteiger partial charge is 0.118 e. The molecule has 2 rings (SSSR count). The van der Waals surface area contributed by atoms with Crippen LogP contribution in [0.3, 0.4) is 0 Å². The highest BCUT2D eigenvalue weighted by molar-refractivity contribution is 5.29. The Bertz CT molecular complexity index is 344. The fourth-order valence-electron chi connectivity index (χ4n) is 2.55. The van der Waals surface area contributed by atoms with Gasteiger partial charge in [0.15, 0.2) is 0 Å². The molecule has 0 bridgehead atoms. The van der Waals surface area contributed by atoms with E-state index < -0.39 is 0 Å². The van der Waals surface area contributed by atoms with Crippen LogP contribution in [0.2, 0.25) is 0 Å². The summed E-state index contributed by atoms with van der Waals surface area (Å²) in [4.78, 5) is 0. The third kappa shape index (κ3) is 3.47. The van der Waals surface area contributed by atoms with Gasteiger partial charge in [-0.1, -0.05) is 19.1 Å². The Kier molecular flexibility index (Phi) is 5.02. The lowest BCUT2D eigenvalue weighted by atomic mass is 10.0. The summed E-state index contributed by atoms with van der Waals surface area (Å²) in [6.07, 6.45) is 3.72. The van der Waals surface area contributed by atoms with Crippen molar-refractivity contribution in [1.29, 1.82) is 0 Å². The van der Waals surface area contributed by atoms with Crippen LogP contribution in [0.5, 0.6) is 5.75 Å². The minimum absolute atomic E-state index is 0.443. The van der Waals surface area contributed by atoms with Crippen LogP contribution in [0, 0.1) is 0 Å². The van der Waals surface area contributed by atoms with Crippen molar-refractivity contribution in [1.82, 2.24) is 10.6 Å². The van der Waals surface area contributed by atoms with Crippen LogP contribution >= 0.6 is 0 Å². The average molecular weight is 248 g/mol. The monoisotopic (exact) mass is 248 g/mol. The molecule has 2 atom stereocenters. The van der Waals surface area contributed by atoms with Crippen LogP contribution in [0.4, 0.5) is 0 Å². The molecule has 0 aliphatic carbocycles. The predicted molar refractivity (Wildman–Crippen MR) is 75.1 cm³/mol. The first-order valence-corrected chi connectivity index (χ1v) is 6.94. The second-order valence-corrected chi connectivity index (χ2v) is 4.94. The maximum Gasteiger partial charge on any atom is 0.118 e. The van der Waals surface area contributed by atoms with Crippen molar-refractivity contribution in [3.05, 3.63) is 29.8 Å². The molecule has 1 saturated heterocycles. The van der Waals surface area contributed by atoms with E-state index in [9.17, 15) is 0 Å². The molecule has 0 amide bonds. The second-order valence-electron chi connectivity index (χ2n) is 4.94. The van der Waals surface area contributed by atoms with Crippen molar-refractivity contribution < 1.29 is 4.74 Å². The van der Waals surface area contributed by atoms with Gasteiger partial charge in [-0.05, 0) is 43.5 Å². The van der Waals surface area contributed by atoms with E-state index in [1.165, 1.54) is 24.9 Å². The summed E-state index contributed by atoms with van der Waals surface area (Å²) in [6.45, 7) is 4.46. The molecule has 0 aromatic heterocycles. The van der Waals surface area contributed by atoms with Gasteiger partial charge in [0.25, 0.3) is 0 Å². The van der Waals surface area contributed by atoms with Crippen LogP contribution < -0.4 is 15.4 Å². The highest BCUT2D eigenvalue weighted by Gasteiger charge is 2.16. The van der Waals surface area contributed by atoms with E-state index in [-0.39, 0.29) is 0 Å². The molecule has 3 heteroatoms. The molecular formula is C15H24N2O. The maximum absolute atomic E-state index is 5.19. The van der Waals surface area contributed by atoms with Gasteiger partial charge in [-0.25, -0.2) is 0 Å². The molecule has 1 aliphatic rings. The Labute approximate surface area is 110 Å². The maximum atomic E-state index is 5.19. The Hall–Kier alpha value is -1.06. The van der Waals surface area contributed by atoms with Gasteiger partial charge < -0.3 is 15.4 Å². The van der Waals surface area contributed by atoms with Crippen LogP contribution in [0.15, 0.2) is 24.3 Å². The molecule has 0 saturated carbocycles. The number of methoxy groups -OCH3 is 1. The number of benzene rings is 1. The Balaban J connectivity index is 1.89. The van der Waals surface area contributed by atoms with Crippen LogP contribution in [0.1, 0.15) is 37.8 Å². The number of hydrogen-bond donors (Lipinski definition) is 2. The van der Waals surface area contributed by atoms with E-state index in [1.54, 1.807) is 7.11 Å². The number of ether oxygens (including phenoxy) is 1. The molecule has 3 nitrogen and oxygen atoms in total. The fraction of sp³-hybridized carbons (Fsp3) is 0.600. The standard InChI is InChI=1S/C15H24N2O/c1-3-15(17-11-13-5-4-10-16-13)12-6-8-14(18-2)9-7-12/h6-9,13,15-17H,3-5,10-11H2,1-2H3. The van der Waals surface area contributed by atoms with Crippen molar-refractivity contribution in [2.45, 2.75) is 38.3 Å². The second kappa shape index (κ2) is 6.76. The lowest BCUT2D eigenvalue weighted by Crippen LogP contribution is -2.35. The minimum atomic E-state index is 0.443. The summed E-state index contributed by atoms with van der Waals surface area (Å²) < 4.78 is 5.19. The largest absolute Gasteiger partial charge is 0.497 e. The molecule has 0 spiro atoms. The van der Waals surface area contributed by atoms with Gasteiger partial charge in [0, 0.05) is 18.6 Å². The first-order valence-electron chi connectivity index (χ1n) is 6.94. The lowest BCUT2D eigenvalue weighted by Gasteiger charge is -2.20. The third-order valence-corrected chi connectivity index (χ3v) is 3.70. The summed E-state index contributed by atoms with van der Waals surface area (Å²) in [6, 6.07) is 9.47. The highest BCUT2D eigenvalue weighted by atomic mass is 16.5. The van der Waals surface area contributed by atoms with Gasteiger partial charge in [-0.15, -0.1) is 0 Å². The Morgan fingerprint density at radius 2 is 2.17 bits per heavy atom. The van der Waals surface area contributed by atoms with Crippen molar-refractivity contribution in [3.63, 3.8) is 0 Å². The summed E-state index contributed by atoms with van der Waals surface area (Å²) in [5, 5.41) is 7.19. The molecule has 100 valence electrons. The number of nitrogens with one attached hydrogen (secondary N) is 2. The van der Waals surface area contributed by atoms with E-state index in [0.29, 0.717) is 12.1 Å². The van der Waals surface area contributed by atoms with Gasteiger partial charge in [0.1, 0.15) is 5.75 Å². The lowest BCUT2D eigenvalue weighted by molar-refractivity contribution is 0.413. The molecule has 1 aromatic carbocycles. The summed E-state index contributed by atoms with van der Waals surface area (Å²) in [5.74, 6) is 0.922. The molecule has 2 N–H and O–H groups in total. The molecule has 1 fully saturated rings. The van der Waals surface area contributed by atoms with E-state index in [0.717, 1.165) is 18.7 Å². The quantitative estimate of drug-likeness (QED) is 0.811. The van der Waals surface area contributed by atoms with Crippen molar-refractivity contribution in [3.8, 4) is 5.75 Å². The van der Waals surface area contributed by atoms with E-state index >= 15 is 0 Å². The summed E-state index contributed by atoms with van der Waals surface area (Å²) >= 11 is 0. The van der Waals surface area contributed by atoms with E-state index in [4.69, 9.17) is 4.74 Å². The van der Waals surface area contributed by atoms with Gasteiger partial charge in [-0.3, -0.25) is 0 Å². The first-order chi connectivity index (χ1) is 8.83. The van der Waals surface area contributed by atoms with Crippen LogP contribution in [-0.4, -0.2) is 26.2 Å². The molecular weight excluding hydrogens is 224 g/mol. The number of hydrogen-bond acceptors (Lipinski definition) is 3. The van der Waals surface area contributed by atoms with Gasteiger partial charge in [0.2, 0.25) is 0 Å². The van der Waals surface area contributed by atoms with E-state index in [1.807, 2.05) is 12.1 Å². The zero-order valence-corrected chi connectivity index (χ0v) is 11.4. The summed E-state index contributed by atoms with van der Waals surface area (Å²) in [7, 11) is 1.70. The van der Waals surface area contributed by atoms with Gasteiger partial charge in [0.05, 0.1) is 7.11 Å². The van der Waals surface area contributed by atoms with Crippen molar-refractivity contribution >= 4 is 0 Å². The van der Waals surface area contributed by atoms with Crippen molar-refractivity contribution in [2.24, 2.45) is 0 Å². The first kappa shape index (κ1) is 13.4. The van der Waals surface area contributed by atoms with E-state index in [2.05, 4.69) is 29.7 Å². The third-order valence-electron chi connectivity index (χ3n) is 3.70. The molecule has 1 aliphatic heterocycles. The molecule has 1 aromatic rings. The van der Waals surface area contributed by atoms with Crippen LogP contribution in [0.25, 0.3) is 0 Å². The normalized spacial score (nSPS) is 20.9. The highest BCUT2D eigenvalue weighted by Crippen LogP contribution is 2.20. The van der Waals surface area contributed by atoms with Crippen LogP contribution in [-0.2, 0) is 0 Å². The predicted octanol–water partition coefficient (Wildman–Crippen LogP) is 2.49. The summed E-state index contributed by atoms with van der Waals surface area (Å²) in [5.41, 5.74) is 1.34. The Morgan fingerprint density at radius 3 is 2.72 bits per heavy atom. The number of rotatable bonds is 6. The molecule has 18 heavy (non-hydrogen) atoms. The zero-order valence-electron chi connectivity index (χ0n) is 11.4. The van der Waals surface area contributed by atoms with Gasteiger partial charge in [-0.2, -0.15) is 0 Å². The van der Waals surface area contributed by atoms with Crippen molar-refractivity contribution in [2.75, 3.05) is 20.2 Å². The fourth-order valence-corrected chi connectivity index (χ4v) is 2.55.